The first-order chi connectivity index (χ1) is 7.37. The van der Waals surface area contributed by atoms with E-state index in [1.165, 1.54) is 0 Å². The minimum Gasteiger partial charge on any atom is -0.481 e. The Morgan fingerprint density at radius 1 is 1.38 bits per heavy atom. The highest BCUT2D eigenvalue weighted by atomic mass is 32.2. The van der Waals surface area contributed by atoms with E-state index < -0.39 is 16.0 Å². The molecule has 1 atom stereocenters. The second-order valence-electron chi connectivity index (χ2n) is 3.70. The lowest BCUT2D eigenvalue weighted by molar-refractivity contribution is -0.137. The summed E-state index contributed by atoms with van der Waals surface area (Å²) in [6.07, 6.45) is 1.07. The normalized spacial score (nSPS) is 13.6. The van der Waals surface area contributed by atoms with Crippen LogP contribution in [0.5, 0.6) is 0 Å². The van der Waals surface area contributed by atoms with Gasteiger partial charge in [0.15, 0.2) is 0 Å². The van der Waals surface area contributed by atoms with Crippen molar-refractivity contribution < 1.29 is 23.4 Å². The molecule has 0 aromatic heterocycles. The first-order valence-electron chi connectivity index (χ1n) is 5.20. The van der Waals surface area contributed by atoms with Gasteiger partial charge in [0.05, 0.1) is 5.75 Å². The van der Waals surface area contributed by atoms with E-state index in [0.29, 0.717) is 12.8 Å². The number of hydrogen-bond acceptors (Lipinski definition) is 4. The maximum Gasteiger partial charge on any atom is 0.303 e. The monoisotopic (exact) mass is 253 g/mol. The summed E-state index contributed by atoms with van der Waals surface area (Å²) in [5.41, 5.74) is 0. The first kappa shape index (κ1) is 15.3. The molecule has 0 saturated heterocycles. The quantitative estimate of drug-likeness (QED) is 0.533. The molecule has 6 nitrogen and oxygen atoms in total. The summed E-state index contributed by atoms with van der Waals surface area (Å²) < 4.78 is 25.3. The standard InChI is InChI=1S/C9H19NO5S/c1-8(4-2-6-11)10-16(14,15)7-3-5-9(12)13/h8,10-11H,2-7H2,1H3,(H,12,13). The van der Waals surface area contributed by atoms with Crippen molar-refractivity contribution in [2.75, 3.05) is 12.4 Å². The molecular weight excluding hydrogens is 234 g/mol. The predicted molar refractivity (Wildman–Crippen MR) is 59.6 cm³/mol. The van der Waals surface area contributed by atoms with Crippen LogP contribution in [0, 0.1) is 0 Å². The van der Waals surface area contributed by atoms with Crippen molar-refractivity contribution in [3.63, 3.8) is 0 Å². The highest BCUT2D eigenvalue weighted by Crippen LogP contribution is 2.00. The molecule has 0 rings (SSSR count). The third kappa shape index (κ3) is 8.63. The number of aliphatic hydroxyl groups is 1. The van der Waals surface area contributed by atoms with Crippen LogP contribution >= 0.6 is 0 Å². The summed E-state index contributed by atoms with van der Waals surface area (Å²) >= 11 is 0. The summed E-state index contributed by atoms with van der Waals surface area (Å²) in [7, 11) is -3.40. The number of carbonyl (C=O) groups is 1. The molecule has 1 unspecified atom stereocenters. The van der Waals surface area contributed by atoms with E-state index in [-0.39, 0.29) is 31.2 Å². The van der Waals surface area contributed by atoms with Crippen LogP contribution in [0.4, 0.5) is 0 Å². The van der Waals surface area contributed by atoms with Gasteiger partial charge in [0.1, 0.15) is 0 Å². The molecule has 0 fully saturated rings. The number of sulfonamides is 1. The van der Waals surface area contributed by atoms with Crippen LogP contribution in [-0.2, 0) is 14.8 Å². The van der Waals surface area contributed by atoms with Gasteiger partial charge in [-0.3, -0.25) is 4.79 Å². The summed E-state index contributed by atoms with van der Waals surface area (Å²) in [6.45, 7) is 1.75. The van der Waals surface area contributed by atoms with E-state index in [2.05, 4.69) is 4.72 Å². The van der Waals surface area contributed by atoms with Gasteiger partial charge in [0.25, 0.3) is 0 Å². The number of hydrogen-bond donors (Lipinski definition) is 3. The van der Waals surface area contributed by atoms with E-state index in [0.717, 1.165) is 0 Å². The molecule has 16 heavy (non-hydrogen) atoms. The van der Waals surface area contributed by atoms with E-state index in [1.807, 2.05) is 0 Å². The predicted octanol–water partition coefficient (Wildman–Crippen LogP) is -0.0684. The van der Waals surface area contributed by atoms with Gasteiger partial charge in [-0.1, -0.05) is 0 Å². The molecule has 0 heterocycles. The van der Waals surface area contributed by atoms with Gasteiger partial charge in [-0.2, -0.15) is 0 Å². The van der Waals surface area contributed by atoms with Crippen LogP contribution in [0.15, 0.2) is 0 Å². The van der Waals surface area contributed by atoms with E-state index in [9.17, 15) is 13.2 Å². The highest BCUT2D eigenvalue weighted by molar-refractivity contribution is 7.89. The topological polar surface area (TPSA) is 104 Å². The van der Waals surface area contributed by atoms with Crippen LogP contribution in [0.1, 0.15) is 32.6 Å². The first-order valence-corrected chi connectivity index (χ1v) is 6.85. The Kier molecular flexibility index (Phi) is 7.27. The molecule has 0 aromatic rings. The molecule has 0 aliphatic carbocycles. The van der Waals surface area contributed by atoms with Gasteiger partial charge in [0.2, 0.25) is 10.0 Å². The lowest BCUT2D eigenvalue weighted by atomic mass is 10.2. The Hall–Kier alpha value is -0.660. The van der Waals surface area contributed by atoms with Crippen molar-refractivity contribution >= 4 is 16.0 Å². The Balaban J connectivity index is 3.90. The van der Waals surface area contributed by atoms with Crippen molar-refractivity contribution in [2.45, 2.75) is 38.6 Å². The van der Waals surface area contributed by atoms with Crippen LogP contribution in [0.25, 0.3) is 0 Å². The lowest BCUT2D eigenvalue weighted by Gasteiger charge is -2.13. The molecule has 0 amide bonds. The molecule has 0 aromatic carbocycles. The van der Waals surface area contributed by atoms with Crippen molar-refractivity contribution in [3.8, 4) is 0 Å². The van der Waals surface area contributed by atoms with Crippen LogP contribution in [0.3, 0.4) is 0 Å². The molecule has 7 heteroatoms. The molecule has 0 aliphatic rings. The summed E-state index contributed by atoms with van der Waals surface area (Å²) in [5.74, 6) is -1.17. The number of aliphatic hydroxyl groups excluding tert-OH is 1. The average molecular weight is 253 g/mol. The van der Waals surface area contributed by atoms with Crippen molar-refractivity contribution in [1.82, 2.24) is 4.72 Å². The van der Waals surface area contributed by atoms with Crippen LogP contribution < -0.4 is 4.72 Å². The van der Waals surface area contributed by atoms with Gasteiger partial charge in [-0.15, -0.1) is 0 Å². The molecule has 96 valence electrons. The fraction of sp³-hybridized carbons (Fsp3) is 0.889. The minimum absolute atomic E-state index is 0.0328. The third-order valence-electron chi connectivity index (χ3n) is 1.98. The SMILES string of the molecule is CC(CCCO)NS(=O)(=O)CCCC(=O)O. The highest BCUT2D eigenvalue weighted by Gasteiger charge is 2.14. The van der Waals surface area contributed by atoms with Gasteiger partial charge in [-0.25, -0.2) is 13.1 Å². The molecule has 0 aliphatic heterocycles. The van der Waals surface area contributed by atoms with Crippen LogP contribution in [-0.4, -0.2) is 43.0 Å². The molecule has 0 radical (unpaired) electrons. The number of carboxylic acids is 1. The number of carboxylic acid groups (broad SMARTS) is 1. The van der Waals surface area contributed by atoms with Gasteiger partial charge >= 0.3 is 5.97 Å². The summed E-state index contributed by atoms with van der Waals surface area (Å²) in [5, 5.41) is 16.9. The third-order valence-corrected chi connectivity index (χ3v) is 3.57. The van der Waals surface area contributed by atoms with E-state index in [1.54, 1.807) is 6.92 Å². The zero-order valence-electron chi connectivity index (χ0n) is 9.35. The molecule has 0 spiro atoms. The molecular formula is C9H19NO5S. The largest absolute Gasteiger partial charge is 0.481 e. The zero-order chi connectivity index (χ0) is 12.6. The Morgan fingerprint density at radius 3 is 2.50 bits per heavy atom. The second-order valence-corrected chi connectivity index (χ2v) is 5.57. The van der Waals surface area contributed by atoms with E-state index >= 15 is 0 Å². The van der Waals surface area contributed by atoms with Crippen molar-refractivity contribution in [1.29, 1.82) is 0 Å². The zero-order valence-corrected chi connectivity index (χ0v) is 10.2. The summed E-state index contributed by atoms with van der Waals surface area (Å²) in [6, 6.07) is -0.234. The Labute approximate surface area is 95.7 Å². The van der Waals surface area contributed by atoms with Gasteiger partial charge < -0.3 is 10.2 Å². The van der Waals surface area contributed by atoms with Gasteiger partial charge in [0, 0.05) is 19.1 Å². The molecule has 0 saturated carbocycles. The average Bonchev–Trinajstić information content (AvgIpc) is 2.12. The minimum atomic E-state index is -3.40. The van der Waals surface area contributed by atoms with Crippen molar-refractivity contribution in [2.24, 2.45) is 0 Å². The maximum atomic E-state index is 11.4. The van der Waals surface area contributed by atoms with Crippen molar-refractivity contribution in [3.05, 3.63) is 0 Å². The number of aliphatic carboxylic acids is 1. The fourth-order valence-electron chi connectivity index (χ4n) is 1.24. The van der Waals surface area contributed by atoms with Gasteiger partial charge in [-0.05, 0) is 26.2 Å². The fourth-order valence-corrected chi connectivity index (χ4v) is 2.61. The maximum absolute atomic E-state index is 11.4. The smallest absolute Gasteiger partial charge is 0.303 e. The van der Waals surface area contributed by atoms with Crippen LogP contribution in [0.2, 0.25) is 0 Å². The number of rotatable bonds is 9. The Morgan fingerprint density at radius 2 is 2.00 bits per heavy atom. The lowest BCUT2D eigenvalue weighted by Crippen LogP contribution is -2.34. The van der Waals surface area contributed by atoms with E-state index in [4.69, 9.17) is 10.2 Å². The second kappa shape index (κ2) is 7.59. The summed E-state index contributed by atoms with van der Waals surface area (Å²) in [4.78, 5) is 10.2. The molecule has 3 N–H and O–H groups in total. The number of nitrogens with one attached hydrogen (secondary N) is 1. The molecule has 0 bridgehead atoms. The Bertz CT molecular complexity index is 301.